The topological polar surface area (TPSA) is 23.6 Å². The predicted octanol–water partition coefficient (Wildman–Crippen LogP) is 6.51. The van der Waals surface area contributed by atoms with Gasteiger partial charge in [0, 0.05) is 32.1 Å². The summed E-state index contributed by atoms with van der Waals surface area (Å²) in [5.74, 6) is 1.61. The van der Waals surface area contributed by atoms with Crippen molar-refractivity contribution >= 4 is 5.91 Å². The first-order valence-electron chi connectivity index (χ1n) is 13.0. The van der Waals surface area contributed by atoms with Crippen molar-refractivity contribution in [1.29, 1.82) is 0 Å². The molecular weight excluding hydrogens is 356 g/mol. The molecule has 0 aromatic heterocycles. The molecule has 1 spiro atoms. The van der Waals surface area contributed by atoms with Gasteiger partial charge in [0.1, 0.15) is 0 Å². The second-order valence-electron chi connectivity index (χ2n) is 10.6. The highest BCUT2D eigenvalue weighted by molar-refractivity contribution is 5.79. The number of amides is 1. The van der Waals surface area contributed by atoms with E-state index in [2.05, 4.69) is 37.5 Å². The van der Waals surface area contributed by atoms with Crippen molar-refractivity contribution in [3.05, 3.63) is 0 Å². The van der Waals surface area contributed by atoms with Crippen LogP contribution in [0.5, 0.6) is 0 Å². The van der Waals surface area contributed by atoms with Gasteiger partial charge in [0.2, 0.25) is 5.91 Å². The van der Waals surface area contributed by atoms with E-state index in [9.17, 15) is 4.79 Å². The molecule has 3 nitrogen and oxygen atoms in total. The molecule has 3 heteroatoms. The fraction of sp³-hybridized carbons (Fsp3) is 0.962. The van der Waals surface area contributed by atoms with Crippen molar-refractivity contribution in [2.75, 3.05) is 32.7 Å². The van der Waals surface area contributed by atoms with Gasteiger partial charge in [0.05, 0.1) is 0 Å². The van der Waals surface area contributed by atoms with Crippen molar-refractivity contribution < 1.29 is 4.79 Å². The van der Waals surface area contributed by atoms with Crippen molar-refractivity contribution in [2.45, 2.75) is 111 Å². The predicted molar refractivity (Wildman–Crippen MR) is 125 cm³/mol. The molecule has 2 fully saturated rings. The van der Waals surface area contributed by atoms with E-state index in [1.54, 1.807) is 0 Å². The van der Waals surface area contributed by atoms with E-state index in [1.165, 1.54) is 90.3 Å². The van der Waals surface area contributed by atoms with E-state index in [0.29, 0.717) is 17.2 Å². The zero-order valence-corrected chi connectivity index (χ0v) is 20.2. The largest absolute Gasteiger partial charge is 0.342 e. The maximum atomic E-state index is 13.3. The molecule has 0 aliphatic carbocycles. The summed E-state index contributed by atoms with van der Waals surface area (Å²) in [6, 6.07) is 0. The number of carbonyl (C=O) groups excluding carboxylic acids is 1. The van der Waals surface area contributed by atoms with Crippen molar-refractivity contribution in [2.24, 2.45) is 17.3 Å². The molecule has 2 saturated heterocycles. The fourth-order valence-corrected chi connectivity index (χ4v) is 5.41. The van der Waals surface area contributed by atoms with E-state index < -0.39 is 0 Å². The van der Waals surface area contributed by atoms with Gasteiger partial charge in [-0.15, -0.1) is 0 Å². The lowest BCUT2D eigenvalue weighted by atomic mass is 9.71. The van der Waals surface area contributed by atoms with Crippen LogP contribution < -0.4 is 0 Å². The van der Waals surface area contributed by atoms with Crippen LogP contribution in [0.1, 0.15) is 111 Å². The first-order chi connectivity index (χ1) is 14.0. The first-order valence-corrected chi connectivity index (χ1v) is 13.0. The Labute approximate surface area is 182 Å². The zero-order valence-electron chi connectivity index (χ0n) is 20.2. The highest BCUT2D eigenvalue weighted by Crippen LogP contribution is 2.41. The highest BCUT2D eigenvalue weighted by atomic mass is 16.2. The Morgan fingerprint density at radius 2 is 1.41 bits per heavy atom. The molecule has 1 unspecified atom stereocenters. The molecule has 0 N–H and O–H groups in total. The number of hydrogen-bond donors (Lipinski definition) is 0. The number of carbonyl (C=O) groups is 1. The van der Waals surface area contributed by atoms with E-state index in [4.69, 9.17) is 0 Å². The second-order valence-corrected chi connectivity index (χ2v) is 10.6. The quantitative estimate of drug-likeness (QED) is 0.307. The Balaban J connectivity index is 1.73. The minimum atomic E-state index is 0.293. The molecule has 1 atom stereocenters. The molecule has 0 radical (unpaired) electrons. The molecule has 2 aliphatic heterocycles. The number of hydrogen-bond acceptors (Lipinski definition) is 2. The minimum absolute atomic E-state index is 0.293. The van der Waals surface area contributed by atoms with Crippen LogP contribution >= 0.6 is 0 Å². The monoisotopic (exact) mass is 406 g/mol. The van der Waals surface area contributed by atoms with Crippen LogP contribution in [0.25, 0.3) is 0 Å². The van der Waals surface area contributed by atoms with Crippen LogP contribution in [0.4, 0.5) is 0 Å². The lowest BCUT2D eigenvalue weighted by molar-refractivity contribution is -0.141. The molecular formula is C26H50N2O. The second kappa shape index (κ2) is 13.0. The maximum Gasteiger partial charge on any atom is 0.225 e. The number of nitrogens with zero attached hydrogens (tertiary/aromatic N) is 2. The minimum Gasteiger partial charge on any atom is -0.342 e. The first kappa shape index (κ1) is 24.7. The van der Waals surface area contributed by atoms with Crippen molar-refractivity contribution in [1.82, 2.24) is 9.80 Å². The Hall–Kier alpha value is -0.570. The van der Waals surface area contributed by atoms with Gasteiger partial charge < -0.3 is 9.80 Å². The average molecular weight is 407 g/mol. The summed E-state index contributed by atoms with van der Waals surface area (Å²) in [5.41, 5.74) is 0.535. The summed E-state index contributed by atoms with van der Waals surface area (Å²) in [6.45, 7) is 15.0. The van der Waals surface area contributed by atoms with E-state index >= 15 is 0 Å². The maximum absolute atomic E-state index is 13.3. The van der Waals surface area contributed by atoms with Crippen LogP contribution in [0.15, 0.2) is 0 Å². The summed E-state index contributed by atoms with van der Waals surface area (Å²) >= 11 is 0. The number of piperidine rings is 1. The van der Waals surface area contributed by atoms with E-state index in [1.807, 2.05) is 0 Å². The molecule has 2 aliphatic rings. The van der Waals surface area contributed by atoms with Crippen LogP contribution in [0, 0.1) is 17.3 Å². The van der Waals surface area contributed by atoms with Crippen LogP contribution in [0.2, 0.25) is 0 Å². The van der Waals surface area contributed by atoms with Crippen molar-refractivity contribution in [3.8, 4) is 0 Å². The van der Waals surface area contributed by atoms with Gasteiger partial charge in [0.25, 0.3) is 0 Å². The van der Waals surface area contributed by atoms with E-state index in [0.717, 1.165) is 31.8 Å². The third kappa shape index (κ3) is 8.23. The van der Waals surface area contributed by atoms with Crippen LogP contribution in [-0.4, -0.2) is 48.4 Å². The highest BCUT2D eigenvalue weighted by Gasteiger charge is 2.45. The van der Waals surface area contributed by atoms with Crippen LogP contribution in [0.3, 0.4) is 0 Å². The summed E-state index contributed by atoms with van der Waals surface area (Å²) in [5, 5.41) is 0. The van der Waals surface area contributed by atoms with Gasteiger partial charge in [-0.2, -0.15) is 0 Å². The molecule has 2 rings (SSSR count). The van der Waals surface area contributed by atoms with Gasteiger partial charge in [0.15, 0.2) is 0 Å². The average Bonchev–Trinajstić information content (AvgIpc) is 2.68. The third-order valence-corrected chi connectivity index (χ3v) is 7.42. The number of likely N-dealkylation sites (tertiary alicyclic amines) is 2. The van der Waals surface area contributed by atoms with Crippen molar-refractivity contribution in [3.63, 3.8) is 0 Å². The standard InChI is InChI=1S/C26H50N2O/c1-5-7-9-11-15-24(14-10-8-6-2)25(29)28-19-16-26(17-20-28)21-27(22-26)18-12-13-23(3)4/h23-24H,5-22H2,1-4H3. The summed E-state index contributed by atoms with van der Waals surface area (Å²) in [7, 11) is 0. The smallest absolute Gasteiger partial charge is 0.225 e. The van der Waals surface area contributed by atoms with E-state index in [-0.39, 0.29) is 0 Å². The van der Waals surface area contributed by atoms with Gasteiger partial charge in [-0.05, 0) is 56.4 Å². The lowest BCUT2D eigenvalue weighted by Crippen LogP contribution is -2.61. The molecule has 0 aromatic rings. The Morgan fingerprint density at radius 3 is 2.00 bits per heavy atom. The van der Waals surface area contributed by atoms with Gasteiger partial charge >= 0.3 is 0 Å². The molecule has 0 aromatic carbocycles. The zero-order chi connectivity index (χ0) is 21.1. The Bertz CT molecular complexity index is 446. The molecule has 0 saturated carbocycles. The summed E-state index contributed by atoms with van der Waals surface area (Å²) in [4.78, 5) is 18.2. The summed E-state index contributed by atoms with van der Waals surface area (Å²) < 4.78 is 0. The number of unbranched alkanes of at least 4 members (excludes halogenated alkanes) is 5. The molecule has 2 heterocycles. The normalized spacial score (nSPS) is 20.2. The number of rotatable bonds is 14. The Morgan fingerprint density at radius 1 is 0.828 bits per heavy atom. The lowest BCUT2D eigenvalue weighted by Gasteiger charge is -2.54. The molecule has 29 heavy (non-hydrogen) atoms. The van der Waals surface area contributed by atoms with Crippen LogP contribution in [-0.2, 0) is 4.79 Å². The van der Waals surface area contributed by atoms with Gasteiger partial charge in [-0.3, -0.25) is 4.79 Å². The summed E-state index contributed by atoms with van der Waals surface area (Å²) in [6.07, 6.45) is 16.3. The fourth-order valence-electron chi connectivity index (χ4n) is 5.41. The Kier molecular flexibility index (Phi) is 11.0. The van der Waals surface area contributed by atoms with Gasteiger partial charge in [-0.25, -0.2) is 0 Å². The van der Waals surface area contributed by atoms with Gasteiger partial charge in [-0.1, -0.05) is 72.6 Å². The third-order valence-electron chi connectivity index (χ3n) is 7.42. The molecule has 1 amide bonds. The SMILES string of the molecule is CCCCCCC(CCCCC)C(=O)N1CCC2(CC1)CN(CCCC(C)C)C2. The molecule has 170 valence electrons. The molecule has 0 bridgehead atoms.